The van der Waals surface area contributed by atoms with Crippen molar-refractivity contribution in [3.63, 3.8) is 0 Å². The lowest BCUT2D eigenvalue weighted by molar-refractivity contribution is -0.138. The first kappa shape index (κ1) is 17.6. The van der Waals surface area contributed by atoms with Crippen LogP contribution in [0.2, 0.25) is 0 Å². The fraction of sp³-hybridized carbons (Fsp3) is 0.556. The Morgan fingerprint density at radius 3 is 2.32 bits per heavy atom. The molecule has 0 radical (unpaired) electrons. The molecule has 136 valence electrons. The van der Waals surface area contributed by atoms with Crippen molar-refractivity contribution in [1.82, 2.24) is 10.2 Å². The number of urea groups is 1. The van der Waals surface area contributed by atoms with Gasteiger partial charge in [0.25, 0.3) is 0 Å². The zero-order valence-electron chi connectivity index (χ0n) is 14.1. The Bertz CT molecular complexity index is 654. The number of benzene rings is 1. The van der Waals surface area contributed by atoms with E-state index in [0.29, 0.717) is 18.9 Å². The number of halogens is 2. The standard InChI is InChI=1S/C18H23F2N3O2/c19-13-6-7-15(14(20)12-13)21-17(25)22-18(8-2-1-3-9-18)16(24)23-10-4-5-11-23/h6-7,12H,1-5,8-11H2,(H2,21,22,25). The highest BCUT2D eigenvalue weighted by Gasteiger charge is 2.43. The zero-order chi connectivity index (χ0) is 17.9. The Labute approximate surface area is 145 Å². The minimum Gasteiger partial charge on any atom is -0.341 e. The van der Waals surface area contributed by atoms with Crippen molar-refractivity contribution in [3.8, 4) is 0 Å². The van der Waals surface area contributed by atoms with Crippen LogP contribution in [0.5, 0.6) is 0 Å². The van der Waals surface area contributed by atoms with Gasteiger partial charge in [-0.15, -0.1) is 0 Å². The van der Waals surface area contributed by atoms with E-state index >= 15 is 0 Å². The summed E-state index contributed by atoms with van der Waals surface area (Å²) in [7, 11) is 0. The fourth-order valence-corrected chi connectivity index (χ4v) is 3.73. The van der Waals surface area contributed by atoms with Gasteiger partial charge in [-0.3, -0.25) is 4.79 Å². The molecule has 2 aliphatic rings. The van der Waals surface area contributed by atoms with E-state index in [-0.39, 0.29) is 11.6 Å². The number of hydrogen-bond acceptors (Lipinski definition) is 2. The van der Waals surface area contributed by atoms with Crippen LogP contribution in [0.4, 0.5) is 19.3 Å². The Balaban J connectivity index is 1.73. The Kier molecular flexibility index (Phi) is 5.20. The highest BCUT2D eigenvalue weighted by molar-refractivity contribution is 5.96. The molecular weight excluding hydrogens is 328 g/mol. The number of likely N-dealkylation sites (tertiary alicyclic amines) is 1. The van der Waals surface area contributed by atoms with Gasteiger partial charge in [0.2, 0.25) is 5.91 Å². The Morgan fingerprint density at radius 2 is 1.68 bits per heavy atom. The van der Waals surface area contributed by atoms with Gasteiger partial charge in [0.1, 0.15) is 17.2 Å². The minimum atomic E-state index is -0.927. The molecule has 0 aromatic heterocycles. The maximum atomic E-state index is 13.7. The predicted molar refractivity (Wildman–Crippen MR) is 90.1 cm³/mol. The number of nitrogens with zero attached hydrogens (tertiary/aromatic N) is 1. The number of amides is 3. The normalized spacial score (nSPS) is 19.5. The van der Waals surface area contributed by atoms with Crippen LogP contribution in [0.3, 0.4) is 0 Å². The third-order valence-corrected chi connectivity index (χ3v) is 5.04. The summed E-state index contributed by atoms with van der Waals surface area (Å²) in [6.45, 7) is 1.44. The lowest BCUT2D eigenvalue weighted by Gasteiger charge is -2.39. The van der Waals surface area contributed by atoms with Gasteiger partial charge >= 0.3 is 6.03 Å². The summed E-state index contributed by atoms with van der Waals surface area (Å²) in [5.41, 5.74) is -1.04. The van der Waals surface area contributed by atoms with E-state index in [1.54, 1.807) is 0 Å². The second-order valence-electron chi connectivity index (χ2n) is 6.85. The molecule has 0 spiro atoms. The van der Waals surface area contributed by atoms with E-state index < -0.39 is 23.2 Å². The lowest BCUT2D eigenvalue weighted by atomic mass is 9.80. The predicted octanol–water partition coefficient (Wildman–Crippen LogP) is 3.41. The number of carbonyl (C=O) groups is 2. The maximum absolute atomic E-state index is 13.7. The third-order valence-electron chi connectivity index (χ3n) is 5.04. The molecule has 5 nitrogen and oxygen atoms in total. The van der Waals surface area contributed by atoms with E-state index in [2.05, 4.69) is 10.6 Å². The minimum absolute atomic E-state index is 0.0422. The van der Waals surface area contributed by atoms with Crippen LogP contribution in [0.25, 0.3) is 0 Å². The first-order valence-electron chi connectivity index (χ1n) is 8.84. The molecule has 1 aromatic rings. The third kappa shape index (κ3) is 3.91. The van der Waals surface area contributed by atoms with E-state index in [0.717, 1.165) is 51.3 Å². The fourth-order valence-electron chi connectivity index (χ4n) is 3.73. The van der Waals surface area contributed by atoms with E-state index in [4.69, 9.17) is 0 Å². The molecule has 0 unspecified atom stereocenters. The van der Waals surface area contributed by atoms with Crippen LogP contribution in [-0.2, 0) is 4.79 Å². The molecule has 3 amide bonds. The van der Waals surface area contributed by atoms with Crippen LogP contribution in [-0.4, -0.2) is 35.5 Å². The molecule has 25 heavy (non-hydrogen) atoms. The molecule has 1 saturated heterocycles. The van der Waals surface area contributed by atoms with Crippen LogP contribution in [0.15, 0.2) is 18.2 Å². The first-order valence-corrected chi connectivity index (χ1v) is 8.84. The smallest absolute Gasteiger partial charge is 0.320 e. The maximum Gasteiger partial charge on any atom is 0.320 e. The molecule has 1 aromatic carbocycles. The summed E-state index contributed by atoms with van der Waals surface area (Å²) in [5, 5.41) is 5.19. The van der Waals surface area contributed by atoms with Crippen LogP contribution in [0, 0.1) is 11.6 Å². The largest absolute Gasteiger partial charge is 0.341 e. The van der Waals surface area contributed by atoms with Gasteiger partial charge in [0.05, 0.1) is 5.69 Å². The van der Waals surface area contributed by atoms with E-state index in [1.807, 2.05) is 4.90 Å². The molecule has 0 bridgehead atoms. The summed E-state index contributed by atoms with van der Waals surface area (Å²) in [6, 6.07) is 2.31. The number of anilines is 1. The molecule has 1 saturated carbocycles. The average Bonchev–Trinajstić information content (AvgIpc) is 3.12. The van der Waals surface area contributed by atoms with Crippen LogP contribution >= 0.6 is 0 Å². The number of rotatable bonds is 3. The summed E-state index contributed by atoms with van der Waals surface area (Å²) in [4.78, 5) is 27.2. The van der Waals surface area contributed by atoms with Crippen molar-refractivity contribution in [2.24, 2.45) is 0 Å². The Hall–Kier alpha value is -2.18. The van der Waals surface area contributed by atoms with Gasteiger partial charge in [-0.05, 0) is 37.8 Å². The van der Waals surface area contributed by atoms with Crippen molar-refractivity contribution in [3.05, 3.63) is 29.8 Å². The molecule has 1 aliphatic carbocycles. The molecule has 3 rings (SSSR count). The van der Waals surface area contributed by atoms with Gasteiger partial charge in [0.15, 0.2) is 0 Å². The highest BCUT2D eigenvalue weighted by atomic mass is 19.1. The molecule has 0 atom stereocenters. The molecule has 1 heterocycles. The second kappa shape index (κ2) is 7.37. The summed E-state index contributed by atoms with van der Waals surface area (Å²) in [6.07, 6.45) is 5.90. The van der Waals surface area contributed by atoms with Crippen LogP contribution < -0.4 is 10.6 Å². The van der Waals surface area contributed by atoms with Crippen molar-refractivity contribution in [2.75, 3.05) is 18.4 Å². The first-order chi connectivity index (χ1) is 12.0. The quantitative estimate of drug-likeness (QED) is 0.877. The van der Waals surface area contributed by atoms with Gasteiger partial charge in [-0.25, -0.2) is 13.6 Å². The Morgan fingerprint density at radius 1 is 1.00 bits per heavy atom. The van der Waals surface area contributed by atoms with Crippen molar-refractivity contribution in [1.29, 1.82) is 0 Å². The number of carbonyl (C=O) groups excluding carboxylic acids is 2. The summed E-state index contributed by atoms with van der Waals surface area (Å²) in [5.74, 6) is -1.60. The summed E-state index contributed by atoms with van der Waals surface area (Å²) >= 11 is 0. The van der Waals surface area contributed by atoms with Gasteiger partial charge in [0, 0.05) is 19.2 Å². The van der Waals surface area contributed by atoms with E-state index in [9.17, 15) is 18.4 Å². The van der Waals surface area contributed by atoms with Crippen molar-refractivity contribution in [2.45, 2.75) is 50.5 Å². The van der Waals surface area contributed by atoms with E-state index in [1.165, 1.54) is 6.07 Å². The second-order valence-corrected chi connectivity index (χ2v) is 6.85. The summed E-state index contributed by atoms with van der Waals surface area (Å²) < 4.78 is 26.7. The van der Waals surface area contributed by atoms with Crippen molar-refractivity contribution < 1.29 is 18.4 Å². The average molecular weight is 351 g/mol. The lowest BCUT2D eigenvalue weighted by Crippen LogP contribution is -2.61. The molecule has 7 heteroatoms. The highest BCUT2D eigenvalue weighted by Crippen LogP contribution is 2.31. The topological polar surface area (TPSA) is 61.4 Å². The van der Waals surface area contributed by atoms with Gasteiger partial charge in [-0.2, -0.15) is 0 Å². The van der Waals surface area contributed by atoms with Crippen molar-refractivity contribution >= 4 is 17.6 Å². The number of nitrogens with one attached hydrogen (secondary N) is 2. The van der Waals surface area contributed by atoms with Gasteiger partial charge in [-0.1, -0.05) is 19.3 Å². The SMILES string of the molecule is O=C(Nc1ccc(F)cc1F)NC1(C(=O)N2CCCC2)CCCCC1. The number of hydrogen-bond donors (Lipinski definition) is 2. The molecule has 1 aliphatic heterocycles. The van der Waals surface area contributed by atoms with Gasteiger partial charge < -0.3 is 15.5 Å². The van der Waals surface area contributed by atoms with Crippen LogP contribution in [0.1, 0.15) is 44.9 Å². The molecule has 2 N–H and O–H groups in total. The molecule has 2 fully saturated rings. The zero-order valence-corrected chi connectivity index (χ0v) is 14.1. The molecular formula is C18H23F2N3O2. The monoisotopic (exact) mass is 351 g/mol.